The Balaban J connectivity index is 1.72. The Morgan fingerprint density at radius 1 is 1.15 bits per heavy atom. The number of piperidine rings is 1. The van der Waals surface area contributed by atoms with Crippen LogP contribution in [0.3, 0.4) is 0 Å². The van der Waals surface area contributed by atoms with E-state index in [2.05, 4.69) is 46.2 Å². The molecule has 1 aliphatic rings. The molecule has 26 heavy (non-hydrogen) atoms. The molecular formula is C20H29N5O. The van der Waals surface area contributed by atoms with E-state index in [9.17, 15) is 4.79 Å². The molecule has 0 atom stereocenters. The van der Waals surface area contributed by atoms with Gasteiger partial charge in [-0.25, -0.2) is 9.67 Å². The maximum Gasteiger partial charge on any atom is 0.220 e. The number of nitrogens with zero attached hydrogens (tertiary/aromatic N) is 4. The smallest absolute Gasteiger partial charge is 0.220 e. The number of aromatic nitrogens is 3. The van der Waals surface area contributed by atoms with Gasteiger partial charge < -0.3 is 10.2 Å². The third-order valence-corrected chi connectivity index (χ3v) is 5.11. The Bertz CT molecular complexity index is 704. The summed E-state index contributed by atoms with van der Waals surface area (Å²) in [6, 6.07) is 10.8. The molecule has 6 nitrogen and oxygen atoms in total. The Labute approximate surface area is 155 Å². The van der Waals surface area contributed by atoms with Gasteiger partial charge in [-0.15, -0.1) is 0 Å². The minimum atomic E-state index is 0.0498. The molecule has 0 radical (unpaired) electrons. The minimum absolute atomic E-state index is 0.0498. The molecule has 6 heteroatoms. The first-order valence-corrected chi connectivity index (χ1v) is 9.53. The first-order chi connectivity index (χ1) is 12.7. The molecule has 0 aliphatic carbocycles. The number of hydrogen-bond donors (Lipinski definition) is 1. The van der Waals surface area contributed by atoms with Gasteiger partial charge in [0.25, 0.3) is 0 Å². The lowest BCUT2D eigenvalue weighted by atomic mass is 10.1. The predicted molar refractivity (Wildman–Crippen MR) is 102 cm³/mol. The average molecular weight is 355 g/mol. The van der Waals surface area contributed by atoms with E-state index in [0.717, 1.165) is 50.4 Å². The number of amides is 1. The monoisotopic (exact) mass is 355 g/mol. The molecule has 2 aromatic rings. The van der Waals surface area contributed by atoms with Gasteiger partial charge in [-0.2, -0.15) is 5.10 Å². The molecule has 0 saturated carbocycles. The van der Waals surface area contributed by atoms with Crippen molar-refractivity contribution in [3.05, 3.63) is 47.5 Å². The van der Waals surface area contributed by atoms with E-state index in [4.69, 9.17) is 10.1 Å². The van der Waals surface area contributed by atoms with Crippen LogP contribution in [0.15, 0.2) is 30.3 Å². The summed E-state index contributed by atoms with van der Waals surface area (Å²) in [5.41, 5.74) is 1.30. The number of carbonyl (C=O) groups is 1. The van der Waals surface area contributed by atoms with Crippen LogP contribution in [-0.4, -0.2) is 52.8 Å². The Morgan fingerprint density at radius 2 is 1.88 bits per heavy atom. The second-order valence-electron chi connectivity index (χ2n) is 7.08. The van der Waals surface area contributed by atoms with Crippen LogP contribution in [0.2, 0.25) is 0 Å². The molecule has 1 aliphatic heterocycles. The summed E-state index contributed by atoms with van der Waals surface area (Å²) in [5, 5.41) is 7.52. The highest BCUT2D eigenvalue weighted by atomic mass is 16.1. The van der Waals surface area contributed by atoms with Crippen LogP contribution in [0, 0.1) is 0 Å². The van der Waals surface area contributed by atoms with Crippen molar-refractivity contribution >= 4 is 5.91 Å². The zero-order valence-electron chi connectivity index (χ0n) is 15.8. The fourth-order valence-corrected chi connectivity index (χ4v) is 3.46. The van der Waals surface area contributed by atoms with Crippen LogP contribution in [0.4, 0.5) is 0 Å². The SMILES string of the molecule is CNC(=O)CCc1nc(CCc2ccccc2)nn1C1CCN(C)CC1. The fraction of sp³-hybridized carbons (Fsp3) is 0.550. The van der Waals surface area contributed by atoms with Gasteiger partial charge in [0.05, 0.1) is 6.04 Å². The van der Waals surface area contributed by atoms with E-state index in [1.165, 1.54) is 5.56 Å². The Hall–Kier alpha value is -2.21. The molecule has 0 spiro atoms. The molecular weight excluding hydrogens is 326 g/mol. The molecule has 1 amide bonds. The Morgan fingerprint density at radius 3 is 2.58 bits per heavy atom. The maximum absolute atomic E-state index is 11.7. The summed E-state index contributed by atoms with van der Waals surface area (Å²) in [4.78, 5) is 18.8. The van der Waals surface area contributed by atoms with Crippen molar-refractivity contribution in [3.8, 4) is 0 Å². The second-order valence-corrected chi connectivity index (χ2v) is 7.08. The molecule has 3 rings (SSSR count). The van der Waals surface area contributed by atoms with Crippen molar-refractivity contribution in [1.29, 1.82) is 0 Å². The number of carbonyl (C=O) groups excluding carboxylic acids is 1. The van der Waals surface area contributed by atoms with Crippen LogP contribution in [0.1, 0.15) is 42.5 Å². The predicted octanol–water partition coefficient (Wildman–Crippen LogP) is 2.01. The third-order valence-electron chi connectivity index (χ3n) is 5.11. The van der Waals surface area contributed by atoms with Gasteiger partial charge in [-0.3, -0.25) is 4.79 Å². The van der Waals surface area contributed by atoms with E-state index in [1.54, 1.807) is 7.05 Å². The van der Waals surface area contributed by atoms with E-state index in [0.29, 0.717) is 18.9 Å². The van der Waals surface area contributed by atoms with Gasteiger partial charge in [-0.1, -0.05) is 30.3 Å². The number of nitrogens with one attached hydrogen (secondary N) is 1. The van der Waals surface area contributed by atoms with E-state index in [1.807, 2.05) is 6.07 Å². The van der Waals surface area contributed by atoms with Crippen molar-refractivity contribution in [2.24, 2.45) is 0 Å². The zero-order valence-corrected chi connectivity index (χ0v) is 15.8. The summed E-state index contributed by atoms with van der Waals surface area (Å²) in [5.74, 6) is 1.89. The van der Waals surface area contributed by atoms with Gasteiger partial charge in [0, 0.05) is 26.3 Å². The molecule has 140 valence electrons. The number of benzene rings is 1. The van der Waals surface area contributed by atoms with Gasteiger partial charge in [0.15, 0.2) is 5.82 Å². The standard InChI is InChI=1S/C20H29N5O/c1-21-20(26)11-10-19-22-18(9-8-16-6-4-3-5-7-16)23-25(19)17-12-14-24(2)15-13-17/h3-7,17H,8-15H2,1-2H3,(H,21,26). The van der Waals surface area contributed by atoms with Crippen molar-refractivity contribution in [3.63, 3.8) is 0 Å². The van der Waals surface area contributed by atoms with Crippen molar-refractivity contribution in [1.82, 2.24) is 25.0 Å². The highest BCUT2D eigenvalue weighted by Gasteiger charge is 2.23. The van der Waals surface area contributed by atoms with Gasteiger partial charge >= 0.3 is 0 Å². The first kappa shape index (κ1) is 18.6. The summed E-state index contributed by atoms with van der Waals surface area (Å²) in [6.45, 7) is 2.16. The quantitative estimate of drug-likeness (QED) is 0.825. The highest BCUT2D eigenvalue weighted by molar-refractivity contribution is 5.75. The molecule has 1 aromatic heterocycles. The molecule has 1 fully saturated rings. The van der Waals surface area contributed by atoms with Gasteiger partial charge in [0.2, 0.25) is 5.91 Å². The second kappa shape index (κ2) is 8.94. The lowest BCUT2D eigenvalue weighted by molar-refractivity contribution is -0.120. The topological polar surface area (TPSA) is 63.1 Å². The van der Waals surface area contributed by atoms with E-state index < -0.39 is 0 Å². The van der Waals surface area contributed by atoms with Gasteiger partial charge in [-0.05, 0) is 45.0 Å². The van der Waals surface area contributed by atoms with Crippen LogP contribution in [-0.2, 0) is 24.1 Å². The summed E-state index contributed by atoms with van der Waals surface area (Å²) >= 11 is 0. The van der Waals surface area contributed by atoms with Gasteiger partial charge in [0.1, 0.15) is 5.82 Å². The third kappa shape index (κ3) is 4.91. The molecule has 1 saturated heterocycles. The van der Waals surface area contributed by atoms with E-state index in [-0.39, 0.29) is 5.91 Å². The van der Waals surface area contributed by atoms with Crippen LogP contribution < -0.4 is 5.32 Å². The lowest BCUT2D eigenvalue weighted by Crippen LogP contribution is -2.32. The molecule has 2 heterocycles. The summed E-state index contributed by atoms with van der Waals surface area (Å²) in [7, 11) is 3.84. The van der Waals surface area contributed by atoms with Crippen molar-refractivity contribution in [2.45, 2.75) is 44.6 Å². The fourth-order valence-electron chi connectivity index (χ4n) is 3.46. The minimum Gasteiger partial charge on any atom is -0.359 e. The highest BCUT2D eigenvalue weighted by Crippen LogP contribution is 2.23. The maximum atomic E-state index is 11.7. The number of aryl methyl sites for hydroxylation is 3. The van der Waals surface area contributed by atoms with Crippen molar-refractivity contribution in [2.75, 3.05) is 27.2 Å². The molecule has 1 aromatic carbocycles. The lowest BCUT2D eigenvalue weighted by Gasteiger charge is -2.29. The number of hydrogen-bond acceptors (Lipinski definition) is 4. The normalized spacial score (nSPS) is 15.9. The number of likely N-dealkylation sites (tertiary alicyclic amines) is 1. The van der Waals surface area contributed by atoms with Crippen LogP contribution in [0.5, 0.6) is 0 Å². The Kier molecular flexibility index (Phi) is 6.39. The average Bonchev–Trinajstić information content (AvgIpc) is 3.09. The summed E-state index contributed by atoms with van der Waals surface area (Å²) < 4.78 is 2.11. The number of rotatable bonds is 7. The van der Waals surface area contributed by atoms with Crippen molar-refractivity contribution < 1.29 is 4.79 Å². The summed E-state index contributed by atoms with van der Waals surface area (Å²) in [6.07, 6.45) is 5.05. The molecule has 0 bridgehead atoms. The zero-order chi connectivity index (χ0) is 18.4. The molecule has 0 unspecified atom stereocenters. The first-order valence-electron chi connectivity index (χ1n) is 9.53. The van der Waals surface area contributed by atoms with E-state index >= 15 is 0 Å². The van der Waals surface area contributed by atoms with Crippen LogP contribution >= 0.6 is 0 Å². The van der Waals surface area contributed by atoms with Crippen LogP contribution in [0.25, 0.3) is 0 Å². The molecule has 1 N–H and O–H groups in total. The largest absolute Gasteiger partial charge is 0.359 e.